The molecule has 2 aromatic rings. The van der Waals surface area contributed by atoms with Crippen molar-refractivity contribution in [3.8, 4) is 0 Å². The first kappa shape index (κ1) is 21.3. The van der Waals surface area contributed by atoms with Crippen LogP contribution in [0.3, 0.4) is 0 Å². The molecule has 0 atom stereocenters. The van der Waals surface area contributed by atoms with Gasteiger partial charge in [0.2, 0.25) is 0 Å². The second kappa shape index (κ2) is 10.4. The van der Waals surface area contributed by atoms with Crippen molar-refractivity contribution < 1.29 is 0 Å². The van der Waals surface area contributed by atoms with Gasteiger partial charge in [-0.05, 0) is 62.7 Å². The lowest BCUT2D eigenvalue weighted by atomic mass is 10.2. The number of hydrogen-bond donors (Lipinski definition) is 0. The quantitative estimate of drug-likeness (QED) is 0.362. The molecule has 6 heteroatoms. The highest BCUT2D eigenvalue weighted by Gasteiger charge is 2.23. The molecule has 2 heterocycles. The maximum Gasteiger partial charge on any atom is 0.0567 e. The third kappa shape index (κ3) is 5.42. The third-order valence-electron chi connectivity index (χ3n) is 5.77. The molecule has 0 unspecified atom stereocenters. The molecule has 0 aromatic heterocycles. The summed E-state index contributed by atoms with van der Waals surface area (Å²) in [4.78, 5) is 10.3. The van der Waals surface area contributed by atoms with Gasteiger partial charge in [-0.15, -0.1) is 11.6 Å². The number of piperazine rings is 1. The number of benzene rings is 2. The fraction of sp³-hybridized carbons (Fsp3) is 0.478. The van der Waals surface area contributed by atoms with E-state index in [1.807, 2.05) is 17.8 Å². The first-order chi connectivity index (χ1) is 14.2. The van der Waals surface area contributed by atoms with Crippen LogP contribution in [0.4, 0.5) is 11.4 Å². The predicted octanol–water partition coefficient (Wildman–Crippen LogP) is 5.97. The normalized spacial score (nSPS) is 17.2. The largest absolute Gasteiger partial charge is 0.340 e. The lowest BCUT2D eigenvalue weighted by molar-refractivity contribution is 0.131. The predicted molar refractivity (Wildman–Crippen MR) is 126 cm³/mol. The van der Waals surface area contributed by atoms with Gasteiger partial charge >= 0.3 is 0 Å². The first-order valence-corrected chi connectivity index (χ1v) is 12.3. The minimum atomic E-state index is 0.784. The molecular weight excluding hydrogens is 421 g/mol. The highest BCUT2D eigenvalue weighted by atomic mass is 35.5. The van der Waals surface area contributed by atoms with Crippen molar-refractivity contribution in [2.24, 2.45) is 0 Å². The van der Waals surface area contributed by atoms with E-state index in [2.05, 4.69) is 51.1 Å². The van der Waals surface area contributed by atoms with E-state index in [1.54, 1.807) is 0 Å². The van der Waals surface area contributed by atoms with E-state index in [9.17, 15) is 0 Å². The molecule has 29 heavy (non-hydrogen) atoms. The summed E-state index contributed by atoms with van der Waals surface area (Å²) in [5, 5.41) is 0.805. The molecule has 156 valence electrons. The summed E-state index contributed by atoms with van der Waals surface area (Å²) in [5.74, 6) is 0.784. The molecule has 0 N–H and O–H groups in total. The standard InChI is InChI=1S/C23H29Cl2N3S/c24-10-3-4-11-26-14-16-27(17-15-26)12-5-13-28-20-6-1-2-7-22(20)29-23-9-8-19(25)18-21(23)28/h1-2,6-9,18H,3-5,10-17H2. The Hall–Kier alpha value is -0.910. The minimum absolute atomic E-state index is 0.784. The number of rotatable bonds is 8. The van der Waals surface area contributed by atoms with E-state index in [0.29, 0.717) is 0 Å². The second-order valence-electron chi connectivity index (χ2n) is 7.77. The van der Waals surface area contributed by atoms with Crippen molar-refractivity contribution in [1.29, 1.82) is 0 Å². The number of fused-ring (bicyclic) bond motifs is 2. The number of nitrogens with zero attached hydrogens (tertiary/aromatic N) is 3. The minimum Gasteiger partial charge on any atom is -0.340 e. The van der Waals surface area contributed by atoms with Crippen molar-refractivity contribution in [2.45, 2.75) is 29.1 Å². The summed E-state index contributed by atoms with van der Waals surface area (Å²) < 4.78 is 0. The van der Waals surface area contributed by atoms with Crippen LogP contribution in [0.1, 0.15) is 19.3 Å². The Kier molecular flexibility index (Phi) is 7.65. The van der Waals surface area contributed by atoms with Crippen LogP contribution in [-0.2, 0) is 0 Å². The van der Waals surface area contributed by atoms with Crippen molar-refractivity contribution in [2.75, 3.05) is 56.6 Å². The Morgan fingerprint density at radius 3 is 2.21 bits per heavy atom. The zero-order valence-corrected chi connectivity index (χ0v) is 19.2. The lowest BCUT2D eigenvalue weighted by Gasteiger charge is -2.36. The summed E-state index contributed by atoms with van der Waals surface area (Å²) in [6, 6.07) is 14.9. The zero-order chi connectivity index (χ0) is 20.1. The van der Waals surface area contributed by atoms with Gasteiger partial charge in [0, 0.05) is 53.4 Å². The molecule has 0 aliphatic carbocycles. The molecular formula is C23H29Cl2N3S. The van der Waals surface area contributed by atoms with Gasteiger partial charge in [0.15, 0.2) is 0 Å². The van der Waals surface area contributed by atoms with Crippen LogP contribution < -0.4 is 4.90 Å². The zero-order valence-electron chi connectivity index (χ0n) is 16.8. The molecule has 1 fully saturated rings. The molecule has 0 amide bonds. The van der Waals surface area contributed by atoms with Gasteiger partial charge in [-0.25, -0.2) is 0 Å². The van der Waals surface area contributed by atoms with Gasteiger partial charge in [-0.1, -0.05) is 35.5 Å². The Bertz CT molecular complexity index is 808. The molecule has 0 saturated carbocycles. The molecule has 4 rings (SSSR count). The fourth-order valence-electron chi connectivity index (χ4n) is 4.16. The average molecular weight is 450 g/mol. The van der Waals surface area contributed by atoms with Crippen molar-refractivity contribution in [3.63, 3.8) is 0 Å². The first-order valence-electron chi connectivity index (χ1n) is 10.6. The van der Waals surface area contributed by atoms with Crippen LogP contribution in [0.5, 0.6) is 0 Å². The number of halogens is 2. The van der Waals surface area contributed by atoms with Crippen molar-refractivity contribution in [1.82, 2.24) is 9.80 Å². The average Bonchev–Trinajstić information content (AvgIpc) is 2.75. The van der Waals surface area contributed by atoms with Crippen molar-refractivity contribution in [3.05, 3.63) is 47.5 Å². The molecule has 3 nitrogen and oxygen atoms in total. The Morgan fingerprint density at radius 1 is 0.759 bits per heavy atom. The van der Waals surface area contributed by atoms with Gasteiger partial charge in [-0.2, -0.15) is 0 Å². The van der Waals surface area contributed by atoms with Crippen LogP contribution in [0.2, 0.25) is 5.02 Å². The van der Waals surface area contributed by atoms with Gasteiger partial charge in [0.05, 0.1) is 11.4 Å². The number of alkyl halides is 1. The van der Waals surface area contributed by atoms with E-state index in [4.69, 9.17) is 23.2 Å². The maximum absolute atomic E-state index is 6.33. The summed E-state index contributed by atoms with van der Waals surface area (Å²) in [5.41, 5.74) is 2.54. The van der Waals surface area contributed by atoms with Gasteiger partial charge in [0.1, 0.15) is 0 Å². The van der Waals surface area contributed by atoms with Crippen LogP contribution in [0.15, 0.2) is 52.3 Å². The van der Waals surface area contributed by atoms with Crippen LogP contribution in [0.25, 0.3) is 0 Å². The summed E-state index contributed by atoms with van der Waals surface area (Å²) in [6.45, 7) is 8.08. The monoisotopic (exact) mass is 449 g/mol. The summed E-state index contributed by atoms with van der Waals surface area (Å²) >= 11 is 14.0. The molecule has 0 bridgehead atoms. The van der Waals surface area contributed by atoms with Gasteiger partial charge in [-0.3, -0.25) is 0 Å². The molecule has 2 aliphatic rings. The third-order valence-corrected chi connectivity index (χ3v) is 7.40. The van der Waals surface area contributed by atoms with Crippen molar-refractivity contribution >= 4 is 46.3 Å². The topological polar surface area (TPSA) is 9.72 Å². The van der Waals surface area contributed by atoms with Crippen LogP contribution in [0, 0.1) is 0 Å². The number of anilines is 2. The number of hydrogen-bond acceptors (Lipinski definition) is 4. The SMILES string of the molecule is ClCCCCN1CCN(CCCN2c3ccccc3Sc3ccc(Cl)cc32)CC1. The molecule has 2 aliphatic heterocycles. The highest BCUT2D eigenvalue weighted by molar-refractivity contribution is 7.99. The summed E-state index contributed by atoms with van der Waals surface area (Å²) in [7, 11) is 0. The van der Waals surface area contributed by atoms with E-state index in [-0.39, 0.29) is 0 Å². The summed E-state index contributed by atoms with van der Waals surface area (Å²) in [6.07, 6.45) is 3.50. The van der Waals surface area contributed by atoms with Crippen LogP contribution >= 0.6 is 35.0 Å². The number of unbranched alkanes of at least 4 members (excludes halogenated alkanes) is 1. The van der Waals surface area contributed by atoms with E-state index < -0.39 is 0 Å². The van der Waals surface area contributed by atoms with Gasteiger partial charge in [0.25, 0.3) is 0 Å². The Balaban J connectivity index is 1.33. The van der Waals surface area contributed by atoms with Crippen LogP contribution in [-0.4, -0.2) is 61.5 Å². The van der Waals surface area contributed by atoms with E-state index >= 15 is 0 Å². The molecule has 0 spiro atoms. The second-order valence-corrected chi connectivity index (χ2v) is 9.66. The van der Waals surface area contributed by atoms with E-state index in [1.165, 1.54) is 60.3 Å². The highest BCUT2D eigenvalue weighted by Crippen LogP contribution is 2.48. The maximum atomic E-state index is 6.33. The van der Waals surface area contributed by atoms with Gasteiger partial charge < -0.3 is 14.7 Å². The molecule has 1 saturated heterocycles. The molecule has 0 radical (unpaired) electrons. The Morgan fingerprint density at radius 2 is 1.45 bits per heavy atom. The smallest absolute Gasteiger partial charge is 0.0567 e. The fourth-order valence-corrected chi connectivity index (χ4v) is 5.59. The number of para-hydroxylation sites is 1. The lowest BCUT2D eigenvalue weighted by Crippen LogP contribution is -2.47. The Labute approximate surface area is 189 Å². The van der Waals surface area contributed by atoms with E-state index in [0.717, 1.165) is 36.8 Å². The molecule has 2 aromatic carbocycles.